The van der Waals surface area contributed by atoms with Gasteiger partial charge in [-0.15, -0.1) is 0 Å². The average Bonchev–Trinajstić information content (AvgIpc) is 2.95. The van der Waals surface area contributed by atoms with Gasteiger partial charge in [0.1, 0.15) is 10.8 Å². The van der Waals surface area contributed by atoms with Gasteiger partial charge in [-0.1, -0.05) is 11.6 Å². The van der Waals surface area contributed by atoms with Crippen molar-refractivity contribution in [3.63, 3.8) is 0 Å². The van der Waals surface area contributed by atoms with Crippen molar-refractivity contribution in [3.8, 4) is 5.75 Å². The average molecular weight is 503 g/mol. The molecule has 3 atom stereocenters. The number of nitrogens with zero attached hydrogens (tertiary/aromatic N) is 1. The number of nitrogens with one attached hydrogen (secondary N) is 2. The van der Waals surface area contributed by atoms with Crippen molar-refractivity contribution in [1.29, 1.82) is 0 Å². The van der Waals surface area contributed by atoms with Crippen LogP contribution in [0.25, 0.3) is 10.8 Å². The molecule has 2 saturated heterocycles. The van der Waals surface area contributed by atoms with Crippen molar-refractivity contribution in [3.05, 3.63) is 36.9 Å². The van der Waals surface area contributed by atoms with E-state index in [1.165, 1.54) is 6.92 Å². The molecule has 1 aromatic heterocycles. The largest absolute Gasteiger partial charge is 0.453 e. The number of aryl methyl sites for hydroxylation is 2. The minimum atomic E-state index is -1.04. The van der Waals surface area contributed by atoms with E-state index in [0.717, 1.165) is 25.9 Å². The fourth-order valence-corrected chi connectivity index (χ4v) is 4.90. The number of benzene rings is 1. The standard InChI is InChI=1S/C20H22BrClFN3O4/c1-8-9(2)25-19(27)14-13(8)17(23)15(21)16(22)18(14)29-10(3)30-20(28)26-11-4-5-12(26)7-24-6-11/h10-12,24H,4-7H2,1-3H3,(H,25,27)/t10-,11?,12?/m0/s1. The summed E-state index contributed by atoms with van der Waals surface area (Å²) in [5.41, 5.74) is 0.571. The van der Waals surface area contributed by atoms with Gasteiger partial charge in [0, 0.05) is 43.2 Å². The van der Waals surface area contributed by atoms with E-state index in [2.05, 4.69) is 26.2 Å². The molecule has 162 valence electrons. The van der Waals surface area contributed by atoms with Gasteiger partial charge < -0.3 is 19.8 Å². The van der Waals surface area contributed by atoms with E-state index >= 15 is 0 Å². The molecule has 0 radical (unpaired) electrons. The normalized spacial score (nSPS) is 21.7. The van der Waals surface area contributed by atoms with Crippen molar-refractivity contribution in [2.45, 2.75) is 52.0 Å². The summed E-state index contributed by atoms with van der Waals surface area (Å²) < 4.78 is 26.2. The van der Waals surface area contributed by atoms with E-state index in [1.807, 2.05) is 0 Å². The number of ether oxygens (including phenoxy) is 2. The summed E-state index contributed by atoms with van der Waals surface area (Å²) in [6, 6.07) is 0.197. The third kappa shape index (κ3) is 3.46. The predicted molar refractivity (Wildman–Crippen MR) is 115 cm³/mol. The van der Waals surface area contributed by atoms with Crippen LogP contribution in [0.3, 0.4) is 0 Å². The number of hydrogen-bond donors (Lipinski definition) is 2. The summed E-state index contributed by atoms with van der Waals surface area (Å²) in [6.45, 7) is 6.39. The minimum Gasteiger partial charge on any atom is -0.453 e. The number of hydrogen-bond acceptors (Lipinski definition) is 5. The van der Waals surface area contributed by atoms with Crippen molar-refractivity contribution < 1.29 is 18.7 Å². The number of aromatic nitrogens is 1. The lowest BCUT2D eigenvalue weighted by molar-refractivity contribution is -0.0402. The molecular formula is C20H22BrClFN3O4. The van der Waals surface area contributed by atoms with Gasteiger partial charge in [0.25, 0.3) is 5.56 Å². The number of carbonyl (C=O) groups excluding carboxylic acids is 1. The Hall–Kier alpha value is -1.84. The number of fused-ring (bicyclic) bond motifs is 3. The number of carbonyl (C=O) groups is 1. The quantitative estimate of drug-likeness (QED) is 0.490. The maximum absolute atomic E-state index is 14.9. The highest BCUT2D eigenvalue weighted by Gasteiger charge is 2.41. The highest BCUT2D eigenvalue weighted by Crippen LogP contribution is 2.42. The Morgan fingerprint density at radius 2 is 1.90 bits per heavy atom. The van der Waals surface area contributed by atoms with Crippen molar-refractivity contribution in [2.75, 3.05) is 13.1 Å². The number of rotatable bonds is 3. The maximum atomic E-state index is 14.9. The molecule has 1 aromatic carbocycles. The Balaban J connectivity index is 1.66. The Labute approximate surface area is 186 Å². The van der Waals surface area contributed by atoms with Crippen molar-refractivity contribution in [2.24, 2.45) is 0 Å². The summed E-state index contributed by atoms with van der Waals surface area (Å²) >= 11 is 9.44. The smallest absolute Gasteiger partial charge is 0.413 e. The second-order valence-corrected chi connectivity index (χ2v) is 8.92. The van der Waals surface area contributed by atoms with Gasteiger partial charge in [-0.3, -0.25) is 9.69 Å². The minimum absolute atomic E-state index is 0.0153. The van der Waals surface area contributed by atoms with Gasteiger partial charge >= 0.3 is 6.09 Å². The zero-order valence-electron chi connectivity index (χ0n) is 16.8. The molecule has 1 amide bonds. The van der Waals surface area contributed by atoms with Crippen LogP contribution in [0.15, 0.2) is 9.27 Å². The molecule has 10 heteroatoms. The van der Waals surface area contributed by atoms with Gasteiger partial charge in [-0.05, 0) is 48.2 Å². The van der Waals surface area contributed by atoms with E-state index in [0.29, 0.717) is 11.3 Å². The Kier molecular flexibility index (Phi) is 5.71. The molecule has 2 N–H and O–H groups in total. The molecule has 3 heterocycles. The van der Waals surface area contributed by atoms with Crippen molar-refractivity contribution >= 4 is 44.4 Å². The molecule has 2 bridgehead atoms. The molecule has 30 heavy (non-hydrogen) atoms. The molecule has 0 saturated carbocycles. The van der Waals surface area contributed by atoms with Crippen LogP contribution in [0.1, 0.15) is 31.0 Å². The van der Waals surface area contributed by atoms with E-state index in [-0.39, 0.29) is 38.1 Å². The SMILES string of the molecule is Cc1[nH]c(=O)c2c(O[C@H](C)OC(=O)N3C4CCC3CNC4)c(Cl)c(Br)c(F)c2c1C. The molecule has 0 spiro atoms. The summed E-state index contributed by atoms with van der Waals surface area (Å²) in [6.07, 6.45) is 0.347. The van der Waals surface area contributed by atoms with Crippen LogP contribution in [0, 0.1) is 19.7 Å². The molecule has 2 fully saturated rings. The van der Waals surface area contributed by atoms with Crippen LogP contribution in [0.2, 0.25) is 5.02 Å². The topological polar surface area (TPSA) is 83.7 Å². The number of H-pyrrole nitrogens is 1. The van der Waals surface area contributed by atoms with E-state index in [4.69, 9.17) is 21.1 Å². The number of amides is 1. The molecule has 2 aromatic rings. The highest BCUT2D eigenvalue weighted by atomic mass is 79.9. The first-order valence-electron chi connectivity index (χ1n) is 9.76. The molecule has 2 aliphatic heterocycles. The number of aromatic amines is 1. The molecular weight excluding hydrogens is 481 g/mol. The first-order valence-corrected chi connectivity index (χ1v) is 10.9. The monoisotopic (exact) mass is 501 g/mol. The first kappa shape index (κ1) is 21.4. The summed E-state index contributed by atoms with van der Waals surface area (Å²) in [5, 5.41) is 3.30. The lowest BCUT2D eigenvalue weighted by Crippen LogP contribution is -2.54. The van der Waals surface area contributed by atoms with Gasteiger partial charge in [-0.25, -0.2) is 9.18 Å². The Morgan fingerprint density at radius 3 is 2.53 bits per heavy atom. The lowest BCUT2D eigenvalue weighted by atomic mass is 10.0. The van der Waals surface area contributed by atoms with Crippen LogP contribution in [-0.4, -0.2) is 47.4 Å². The van der Waals surface area contributed by atoms with Crippen LogP contribution < -0.4 is 15.6 Å². The van der Waals surface area contributed by atoms with Crippen LogP contribution in [-0.2, 0) is 4.74 Å². The van der Waals surface area contributed by atoms with Gasteiger partial charge in [-0.2, -0.15) is 0 Å². The Morgan fingerprint density at radius 1 is 1.27 bits per heavy atom. The van der Waals surface area contributed by atoms with Gasteiger partial charge in [0.2, 0.25) is 6.29 Å². The molecule has 2 unspecified atom stereocenters. The predicted octanol–water partition coefficient (Wildman–Crippen LogP) is 4.00. The summed E-state index contributed by atoms with van der Waals surface area (Å²) in [4.78, 5) is 29.8. The van der Waals surface area contributed by atoms with Crippen LogP contribution in [0.5, 0.6) is 5.75 Å². The van der Waals surface area contributed by atoms with E-state index in [1.54, 1.807) is 18.7 Å². The van der Waals surface area contributed by atoms with Crippen LogP contribution in [0.4, 0.5) is 9.18 Å². The Bertz CT molecular complexity index is 1080. The third-order valence-corrected chi connectivity index (χ3v) is 7.22. The lowest BCUT2D eigenvalue weighted by Gasteiger charge is -2.35. The fraction of sp³-hybridized carbons (Fsp3) is 0.500. The number of pyridine rings is 1. The zero-order valence-corrected chi connectivity index (χ0v) is 19.1. The van der Waals surface area contributed by atoms with E-state index in [9.17, 15) is 14.0 Å². The van der Waals surface area contributed by atoms with Crippen LogP contribution >= 0.6 is 27.5 Å². The third-order valence-electron chi connectivity index (χ3n) is 5.89. The maximum Gasteiger partial charge on any atom is 0.413 e. The molecule has 7 nitrogen and oxygen atoms in total. The summed E-state index contributed by atoms with van der Waals surface area (Å²) in [7, 11) is 0. The highest BCUT2D eigenvalue weighted by molar-refractivity contribution is 9.10. The van der Waals surface area contributed by atoms with Gasteiger partial charge in [0.05, 0.1) is 9.86 Å². The number of piperazine rings is 1. The second-order valence-electron chi connectivity index (χ2n) is 7.74. The van der Waals surface area contributed by atoms with Gasteiger partial charge in [0.15, 0.2) is 5.75 Å². The summed E-state index contributed by atoms with van der Waals surface area (Å²) in [5.74, 6) is -0.677. The first-order chi connectivity index (χ1) is 14.2. The molecule has 0 aliphatic carbocycles. The zero-order chi connectivity index (χ0) is 21.7. The molecule has 4 rings (SSSR count). The molecule has 2 aliphatic rings. The van der Waals surface area contributed by atoms with E-state index < -0.39 is 23.8 Å². The van der Waals surface area contributed by atoms with Crippen molar-refractivity contribution in [1.82, 2.24) is 15.2 Å². The second kappa shape index (κ2) is 8.01. The fourth-order valence-electron chi connectivity index (χ4n) is 4.30. The number of halogens is 3.